The molecular formula is C50H43FO10. The van der Waals surface area contributed by atoms with Gasteiger partial charge in [0.25, 0.3) is 0 Å². The molecule has 11 heteroatoms. The zero-order valence-electron chi connectivity index (χ0n) is 34.3. The number of esters is 4. The number of carbonyl (C=O) groups excluding carboxylic acids is 4. The van der Waals surface area contributed by atoms with Crippen LogP contribution in [0.1, 0.15) is 61.9 Å². The first kappa shape index (κ1) is 45.8. The molecule has 0 unspecified atom stereocenters. The maximum atomic E-state index is 13.8. The highest BCUT2D eigenvalue weighted by molar-refractivity contribution is 5.91. The van der Waals surface area contributed by atoms with Crippen LogP contribution in [0, 0.1) is 23.7 Å². The predicted octanol–water partition coefficient (Wildman–Crippen LogP) is 9.44. The van der Waals surface area contributed by atoms with Gasteiger partial charge in [0.1, 0.15) is 29.6 Å². The van der Waals surface area contributed by atoms with Crippen LogP contribution < -0.4 is 18.9 Å². The summed E-state index contributed by atoms with van der Waals surface area (Å²) in [5.41, 5.74) is 4.31. The molecule has 310 valence electrons. The minimum absolute atomic E-state index is 0.0404. The summed E-state index contributed by atoms with van der Waals surface area (Å²) in [6.45, 7) is 19.4. The first-order valence-electron chi connectivity index (χ1n) is 18.7. The lowest BCUT2D eigenvalue weighted by Gasteiger charge is -2.17. The summed E-state index contributed by atoms with van der Waals surface area (Å²) in [5.74, 6) is 10.3. The smallest absolute Gasteiger partial charge is 0.338 e. The number of halogens is 1. The van der Waals surface area contributed by atoms with Gasteiger partial charge in [-0.25, -0.2) is 19.2 Å². The summed E-state index contributed by atoms with van der Waals surface area (Å²) in [6, 6.07) is 22.7. The summed E-state index contributed by atoms with van der Waals surface area (Å²) in [4.78, 5) is 49.2. The fourth-order valence-electron chi connectivity index (χ4n) is 4.91. The largest absolute Gasteiger partial charge is 0.462 e. The van der Waals surface area contributed by atoms with Crippen LogP contribution in [0.2, 0.25) is 0 Å². The van der Waals surface area contributed by atoms with Crippen LogP contribution in [0.25, 0.3) is 11.1 Å². The third-order valence-electron chi connectivity index (χ3n) is 8.15. The molecule has 61 heavy (non-hydrogen) atoms. The van der Waals surface area contributed by atoms with Crippen LogP contribution in [-0.4, -0.2) is 37.3 Å². The summed E-state index contributed by atoms with van der Waals surface area (Å²) < 4.78 is 46.2. The molecule has 4 rings (SSSR count). The van der Waals surface area contributed by atoms with Crippen LogP contribution >= 0.6 is 0 Å². The van der Waals surface area contributed by atoms with Crippen molar-refractivity contribution >= 4 is 23.9 Å². The molecule has 0 radical (unpaired) electrons. The van der Waals surface area contributed by atoms with E-state index in [9.17, 15) is 23.6 Å². The average Bonchev–Trinajstić information content (AvgIpc) is 3.24. The molecular weight excluding hydrogens is 780 g/mol. The van der Waals surface area contributed by atoms with Crippen molar-refractivity contribution in [1.82, 2.24) is 0 Å². The number of benzene rings is 4. The van der Waals surface area contributed by atoms with Gasteiger partial charge in [-0.15, -0.1) is 0 Å². The van der Waals surface area contributed by atoms with E-state index in [0.29, 0.717) is 33.8 Å². The van der Waals surface area contributed by atoms with Crippen LogP contribution in [-0.2, 0) is 35.1 Å². The molecule has 0 N–H and O–H groups in total. The highest BCUT2D eigenvalue weighted by atomic mass is 19.1. The molecule has 0 atom stereocenters. The Kier molecular flexibility index (Phi) is 16.8. The molecule has 10 nitrogen and oxygen atoms in total. The van der Waals surface area contributed by atoms with E-state index in [1.54, 1.807) is 43.3 Å². The Morgan fingerprint density at radius 3 is 1.72 bits per heavy atom. The van der Waals surface area contributed by atoms with Gasteiger partial charge in [0.2, 0.25) is 6.79 Å². The monoisotopic (exact) mass is 822 g/mol. The van der Waals surface area contributed by atoms with Gasteiger partial charge in [0.15, 0.2) is 11.5 Å². The van der Waals surface area contributed by atoms with Crippen LogP contribution in [0.5, 0.6) is 23.0 Å². The lowest BCUT2D eigenvalue weighted by molar-refractivity contribution is -0.145. The van der Waals surface area contributed by atoms with Gasteiger partial charge in [0.05, 0.1) is 6.67 Å². The highest BCUT2D eigenvalue weighted by Crippen LogP contribution is 2.37. The lowest BCUT2D eigenvalue weighted by Crippen LogP contribution is -2.15. The van der Waals surface area contributed by atoms with E-state index >= 15 is 0 Å². The molecule has 0 aliphatic carbocycles. The second-order valence-corrected chi connectivity index (χ2v) is 13.4. The van der Waals surface area contributed by atoms with Crippen LogP contribution in [0.15, 0.2) is 140 Å². The number of hydrogen-bond acceptors (Lipinski definition) is 10. The Balaban J connectivity index is 1.71. The number of alkyl halides is 1. The quantitative estimate of drug-likeness (QED) is 0.0270. The van der Waals surface area contributed by atoms with E-state index in [4.69, 9.17) is 28.4 Å². The minimum Gasteiger partial charge on any atom is -0.462 e. The van der Waals surface area contributed by atoms with Crippen molar-refractivity contribution in [1.29, 1.82) is 0 Å². The van der Waals surface area contributed by atoms with E-state index in [1.165, 1.54) is 33.1 Å². The Hall–Kier alpha value is -7.89. The number of ether oxygens (including phenoxy) is 6. The zero-order chi connectivity index (χ0) is 44.5. The van der Waals surface area contributed by atoms with Gasteiger partial charge in [-0.05, 0) is 106 Å². The van der Waals surface area contributed by atoms with E-state index in [-0.39, 0.29) is 59.0 Å². The van der Waals surface area contributed by atoms with Gasteiger partial charge < -0.3 is 28.4 Å². The van der Waals surface area contributed by atoms with E-state index < -0.39 is 30.6 Å². The Labute approximate surface area is 354 Å². The lowest BCUT2D eigenvalue weighted by atomic mass is 9.96. The van der Waals surface area contributed by atoms with Crippen molar-refractivity contribution in [3.05, 3.63) is 168 Å². The Morgan fingerprint density at radius 1 is 0.623 bits per heavy atom. The fourth-order valence-corrected chi connectivity index (χ4v) is 4.91. The third kappa shape index (κ3) is 13.9. The molecule has 0 saturated carbocycles. The number of rotatable bonds is 16. The van der Waals surface area contributed by atoms with Crippen LogP contribution in [0.3, 0.4) is 0 Å². The maximum absolute atomic E-state index is 13.8. The molecule has 0 heterocycles. The van der Waals surface area contributed by atoms with Crippen LogP contribution in [0.4, 0.5) is 4.39 Å². The summed E-state index contributed by atoms with van der Waals surface area (Å²) >= 11 is 0. The van der Waals surface area contributed by atoms with Crippen molar-refractivity contribution < 1.29 is 52.0 Å². The van der Waals surface area contributed by atoms with Crippen molar-refractivity contribution in [2.45, 2.75) is 40.5 Å². The third-order valence-corrected chi connectivity index (χ3v) is 8.15. The first-order valence-corrected chi connectivity index (χ1v) is 18.7. The standard InChI is InChI=1S/C50H43FO10/c1-32(2)47(52)57-29-28-56-41-24-20-39(21-25-41)38-17-11-36(12-18-38)13-19-40-30-45(60-49(54)34(5)6)44(46(43(40)10-9-27-51)61-50(55)35(7)8)26-16-37-14-22-42(23-15-37)58-31-59-48(53)33(3)4/h11-12,14-15,17-18,20-25,28-30H,1,3,5,7,9-10,27,31H2,2,4,6,8H3. The molecule has 0 aromatic heterocycles. The summed E-state index contributed by atoms with van der Waals surface area (Å²) in [6.07, 6.45) is 2.54. The van der Waals surface area contributed by atoms with Gasteiger partial charge in [-0.3, -0.25) is 4.39 Å². The zero-order valence-corrected chi connectivity index (χ0v) is 34.3. The molecule has 0 amide bonds. The fraction of sp³-hybridized carbons (Fsp3) is 0.160. The average molecular weight is 823 g/mol. The second kappa shape index (κ2) is 22.3. The second-order valence-electron chi connectivity index (χ2n) is 13.4. The SMILES string of the molecule is C=C(C)C(=O)OC=COc1ccc(-c2ccc(C#Cc3cc(OC(=O)C(=C)C)c(C#Cc4ccc(OCOC(=O)C(=C)C)cc4)c(OC(=O)C(=C)C)c3CCCF)cc2)cc1. The summed E-state index contributed by atoms with van der Waals surface area (Å²) in [7, 11) is 0. The van der Waals surface area contributed by atoms with Gasteiger partial charge >= 0.3 is 23.9 Å². The van der Waals surface area contributed by atoms with Gasteiger partial charge in [-0.2, -0.15) is 0 Å². The van der Waals surface area contributed by atoms with E-state index in [1.807, 2.05) is 36.4 Å². The van der Waals surface area contributed by atoms with Gasteiger partial charge in [-0.1, -0.05) is 74.3 Å². The van der Waals surface area contributed by atoms with Crippen molar-refractivity contribution in [2.24, 2.45) is 0 Å². The highest BCUT2D eigenvalue weighted by Gasteiger charge is 2.24. The van der Waals surface area contributed by atoms with Crippen molar-refractivity contribution in [3.8, 4) is 57.8 Å². The normalized spacial score (nSPS) is 10.2. The first-order chi connectivity index (χ1) is 29.2. The molecule has 4 aromatic carbocycles. The Morgan fingerprint density at radius 2 is 1.15 bits per heavy atom. The molecule has 4 aromatic rings. The minimum atomic E-state index is -0.781. The molecule has 0 fully saturated rings. The molecule has 0 spiro atoms. The molecule has 0 saturated heterocycles. The van der Waals surface area contributed by atoms with E-state index in [2.05, 4.69) is 50.0 Å². The maximum Gasteiger partial charge on any atom is 0.338 e. The van der Waals surface area contributed by atoms with E-state index in [0.717, 1.165) is 17.4 Å². The van der Waals surface area contributed by atoms with Crippen molar-refractivity contribution in [2.75, 3.05) is 13.5 Å². The number of hydrogen-bond donors (Lipinski definition) is 0. The topological polar surface area (TPSA) is 124 Å². The summed E-state index contributed by atoms with van der Waals surface area (Å²) in [5, 5.41) is 0. The van der Waals surface area contributed by atoms with Crippen molar-refractivity contribution in [3.63, 3.8) is 0 Å². The Bertz CT molecular complexity index is 2500. The predicted molar refractivity (Wildman–Crippen MR) is 229 cm³/mol. The van der Waals surface area contributed by atoms with Gasteiger partial charge in [0, 0.05) is 44.5 Å². The molecule has 0 bridgehead atoms. The number of carbonyl (C=O) groups is 4. The molecule has 0 aliphatic rings. The molecule has 0 aliphatic heterocycles.